The van der Waals surface area contributed by atoms with Gasteiger partial charge in [-0.1, -0.05) is 155 Å². The molecular weight excluding hydrogens is 755 g/mol. The molecule has 0 aromatic heterocycles. The van der Waals surface area contributed by atoms with E-state index in [1.165, 1.54) is 83.5 Å². The number of carbonyl (C=O) groups is 3. The smallest absolute Gasteiger partial charge is 0.305 e. The number of nitrogens with zero attached hydrogens (tertiary/aromatic N) is 1. The fourth-order valence-electron chi connectivity index (χ4n) is 6.86. The van der Waals surface area contributed by atoms with Crippen LogP contribution in [0.5, 0.6) is 0 Å². The summed E-state index contributed by atoms with van der Waals surface area (Å²) in [5, 5.41) is 0. The van der Waals surface area contributed by atoms with Crippen molar-refractivity contribution in [1.82, 2.24) is 4.90 Å². The van der Waals surface area contributed by atoms with Gasteiger partial charge in [0.05, 0.1) is 12.3 Å². The zero-order valence-corrected chi connectivity index (χ0v) is 39.8. The van der Waals surface area contributed by atoms with E-state index in [1.807, 2.05) is 0 Å². The predicted octanol–water partition coefficient (Wildman–Crippen LogP) is 13.4. The largest absolute Gasteiger partial charge is 0.465 e. The Morgan fingerprint density at radius 1 is 0.450 bits per heavy atom. The molecule has 0 rings (SSSR count). The van der Waals surface area contributed by atoms with Gasteiger partial charge >= 0.3 is 17.9 Å². The number of esters is 3. The quantitative estimate of drug-likeness (QED) is 0.0195. The molecule has 0 aliphatic carbocycles. The molecule has 9 nitrogen and oxygen atoms in total. The Morgan fingerprint density at radius 2 is 0.850 bits per heavy atom. The lowest BCUT2D eigenvalue weighted by molar-refractivity contribution is -0.162. The van der Waals surface area contributed by atoms with Gasteiger partial charge in [0.1, 0.15) is 19.8 Å². The minimum atomic E-state index is -0.447. The van der Waals surface area contributed by atoms with E-state index in [-0.39, 0.29) is 44.1 Å². The summed E-state index contributed by atoms with van der Waals surface area (Å²) in [5.41, 5.74) is 0. The van der Waals surface area contributed by atoms with Crippen LogP contribution in [0.25, 0.3) is 0 Å². The monoisotopic (exact) mass is 850 g/mol. The minimum Gasteiger partial charge on any atom is -0.465 e. The van der Waals surface area contributed by atoms with Gasteiger partial charge in [0, 0.05) is 32.5 Å². The van der Waals surface area contributed by atoms with Crippen molar-refractivity contribution in [3.05, 3.63) is 24.3 Å². The van der Waals surface area contributed by atoms with Crippen molar-refractivity contribution >= 4 is 17.9 Å². The second-order valence-corrected chi connectivity index (χ2v) is 16.6. The summed E-state index contributed by atoms with van der Waals surface area (Å²) in [5.74, 6) is -1.36. The van der Waals surface area contributed by atoms with Gasteiger partial charge in [-0.2, -0.15) is 0 Å². The van der Waals surface area contributed by atoms with Crippen molar-refractivity contribution < 1.29 is 38.1 Å². The number of carbonyl (C=O) groups excluding carboxylic acids is 3. The summed E-state index contributed by atoms with van der Waals surface area (Å²) in [6.45, 7) is 15.2. The highest BCUT2D eigenvalue weighted by Gasteiger charge is 2.19. The van der Waals surface area contributed by atoms with E-state index in [9.17, 15) is 14.4 Å². The van der Waals surface area contributed by atoms with E-state index in [0.717, 1.165) is 96.7 Å². The molecule has 0 aromatic rings. The molecule has 0 saturated heterocycles. The molecule has 60 heavy (non-hydrogen) atoms. The van der Waals surface area contributed by atoms with Crippen molar-refractivity contribution in [1.29, 1.82) is 0 Å². The van der Waals surface area contributed by atoms with Gasteiger partial charge in [0.25, 0.3) is 0 Å². The maximum Gasteiger partial charge on any atom is 0.305 e. The Hall–Kier alpha value is -2.23. The number of ether oxygens (including phenoxy) is 5. The first-order valence-electron chi connectivity index (χ1n) is 25.1. The standard InChI is InChI=1S/C51H95NO8/c1-6-11-14-17-20-21-22-23-24-25-26-27-28-29-32-37-48(53)58-44-47(45-59-49(54)38-33-34-41-52(9-4)10-5)46-60-50(55)39-40-51(56-42-35-30-18-15-12-7-2)57-43-36-31-19-16-13-8-3/h21-22,24-25,47,51H,6-20,23,26-46H2,1-5H3/b22-21+,25-24+. The molecule has 0 amide bonds. The van der Waals surface area contributed by atoms with Gasteiger partial charge in [0.2, 0.25) is 0 Å². The van der Waals surface area contributed by atoms with Gasteiger partial charge < -0.3 is 28.6 Å². The maximum atomic E-state index is 13.0. The topological polar surface area (TPSA) is 101 Å². The third-order valence-corrected chi connectivity index (χ3v) is 11.0. The molecule has 1 unspecified atom stereocenters. The van der Waals surface area contributed by atoms with Gasteiger partial charge in [0.15, 0.2) is 6.29 Å². The third-order valence-electron chi connectivity index (χ3n) is 11.0. The van der Waals surface area contributed by atoms with E-state index in [1.54, 1.807) is 0 Å². The van der Waals surface area contributed by atoms with E-state index < -0.39 is 12.2 Å². The van der Waals surface area contributed by atoms with Crippen LogP contribution in [-0.2, 0) is 38.1 Å². The Kier molecular flexibility index (Phi) is 44.6. The highest BCUT2D eigenvalue weighted by molar-refractivity contribution is 5.70. The molecule has 1 atom stereocenters. The van der Waals surface area contributed by atoms with E-state index in [4.69, 9.17) is 23.7 Å². The summed E-state index contributed by atoms with van der Waals surface area (Å²) >= 11 is 0. The number of hydrogen-bond acceptors (Lipinski definition) is 9. The van der Waals surface area contributed by atoms with E-state index in [0.29, 0.717) is 32.5 Å². The normalized spacial score (nSPS) is 12.3. The summed E-state index contributed by atoms with van der Waals surface area (Å²) in [4.78, 5) is 40.6. The molecular formula is C51H95NO8. The molecule has 352 valence electrons. The number of unbranched alkanes of at least 4 members (excludes halogenated alkanes) is 19. The van der Waals surface area contributed by atoms with Crippen molar-refractivity contribution in [3.63, 3.8) is 0 Å². The van der Waals surface area contributed by atoms with Crippen molar-refractivity contribution in [3.8, 4) is 0 Å². The summed E-state index contributed by atoms with van der Waals surface area (Å²) in [6.07, 6.45) is 38.1. The van der Waals surface area contributed by atoms with E-state index in [2.05, 4.69) is 63.8 Å². The summed E-state index contributed by atoms with van der Waals surface area (Å²) in [7, 11) is 0. The summed E-state index contributed by atoms with van der Waals surface area (Å²) < 4.78 is 29.1. The molecule has 0 bridgehead atoms. The molecule has 0 aliphatic rings. The maximum absolute atomic E-state index is 13.0. The molecule has 0 spiro atoms. The molecule has 0 saturated carbocycles. The Balaban J connectivity index is 4.85. The molecule has 0 aliphatic heterocycles. The van der Waals surface area contributed by atoms with Crippen molar-refractivity contribution in [2.24, 2.45) is 5.92 Å². The Bertz CT molecular complexity index is 995. The molecule has 0 radical (unpaired) electrons. The zero-order valence-electron chi connectivity index (χ0n) is 39.8. The number of allylic oxidation sites excluding steroid dienone is 4. The number of rotatable bonds is 46. The molecule has 0 aromatic carbocycles. The highest BCUT2D eigenvalue weighted by atomic mass is 16.7. The van der Waals surface area contributed by atoms with Gasteiger partial charge in [-0.05, 0) is 83.8 Å². The lowest BCUT2D eigenvalue weighted by Gasteiger charge is -2.20. The van der Waals surface area contributed by atoms with Crippen LogP contribution < -0.4 is 0 Å². The van der Waals surface area contributed by atoms with Crippen LogP contribution in [0.2, 0.25) is 0 Å². The van der Waals surface area contributed by atoms with Gasteiger partial charge in [-0.25, -0.2) is 0 Å². The van der Waals surface area contributed by atoms with E-state index >= 15 is 0 Å². The first-order valence-corrected chi connectivity index (χ1v) is 25.1. The zero-order chi connectivity index (χ0) is 44.0. The second kappa shape index (κ2) is 46.3. The molecule has 9 heteroatoms. The molecule has 0 N–H and O–H groups in total. The molecule has 0 fully saturated rings. The highest BCUT2D eigenvalue weighted by Crippen LogP contribution is 2.14. The lowest BCUT2D eigenvalue weighted by atomic mass is 10.1. The lowest BCUT2D eigenvalue weighted by Crippen LogP contribution is -2.27. The fourth-order valence-corrected chi connectivity index (χ4v) is 6.86. The molecule has 0 heterocycles. The van der Waals surface area contributed by atoms with Crippen molar-refractivity contribution in [2.45, 2.75) is 227 Å². The van der Waals surface area contributed by atoms with Crippen LogP contribution in [0, 0.1) is 5.92 Å². The van der Waals surface area contributed by atoms with Gasteiger partial charge in [-0.3, -0.25) is 14.4 Å². The Labute approximate surface area is 369 Å². The summed E-state index contributed by atoms with van der Waals surface area (Å²) in [6, 6.07) is 0. The second-order valence-electron chi connectivity index (χ2n) is 16.6. The predicted molar refractivity (Wildman–Crippen MR) is 249 cm³/mol. The Morgan fingerprint density at radius 3 is 1.33 bits per heavy atom. The van der Waals surface area contributed by atoms with Crippen LogP contribution in [-0.4, -0.2) is 81.8 Å². The van der Waals surface area contributed by atoms with Crippen LogP contribution in [0.3, 0.4) is 0 Å². The van der Waals surface area contributed by atoms with Gasteiger partial charge in [-0.15, -0.1) is 0 Å². The first-order chi connectivity index (χ1) is 29.4. The average molecular weight is 850 g/mol. The van der Waals surface area contributed by atoms with Crippen LogP contribution >= 0.6 is 0 Å². The minimum absolute atomic E-state index is 0.00548. The third kappa shape index (κ3) is 41.1. The fraction of sp³-hybridized carbons (Fsp3) is 0.863. The van der Waals surface area contributed by atoms with Crippen molar-refractivity contribution in [2.75, 3.05) is 52.7 Å². The first kappa shape index (κ1) is 57.8. The van der Waals surface area contributed by atoms with Crippen LogP contribution in [0.1, 0.15) is 221 Å². The van der Waals surface area contributed by atoms with Crippen LogP contribution in [0.4, 0.5) is 0 Å². The SMILES string of the molecule is CCCCCC/C=C/C/C=C/CCCCCCC(=O)OCC(COC(=O)CCCCN(CC)CC)COC(=O)CCC(OCCCCCCCC)OCCCCCCCC. The average Bonchev–Trinajstić information content (AvgIpc) is 3.25. The number of hydrogen-bond donors (Lipinski definition) is 0. The van der Waals surface area contributed by atoms with Crippen LogP contribution in [0.15, 0.2) is 24.3 Å².